The zero-order valence-corrected chi connectivity index (χ0v) is 15.0. The molecule has 5 heteroatoms. The highest BCUT2D eigenvalue weighted by Gasteiger charge is 2.23. The summed E-state index contributed by atoms with van der Waals surface area (Å²) in [6, 6.07) is 5.07. The highest BCUT2D eigenvalue weighted by atomic mass is 16.5. The summed E-state index contributed by atoms with van der Waals surface area (Å²) in [6.07, 6.45) is 0. The Hall–Kier alpha value is -1.30. The Morgan fingerprint density at radius 3 is 2.65 bits per heavy atom. The molecule has 0 radical (unpaired) electrons. The van der Waals surface area contributed by atoms with Gasteiger partial charge in [0.05, 0.1) is 27.4 Å². The molecule has 1 N–H and O–H groups in total. The molecule has 0 spiro atoms. The van der Waals surface area contributed by atoms with Gasteiger partial charge in [-0.25, -0.2) is 0 Å². The maximum Gasteiger partial charge on any atom is 0.161 e. The average Bonchev–Trinajstić information content (AvgIpc) is 2.56. The smallest absolute Gasteiger partial charge is 0.161 e. The molecule has 2 rings (SSSR count). The fourth-order valence-electron chi connectivity index (χ4n) is 3.14. The quantitative estimate of drug-likeness (QED) is 0.834. The van der Waals surface area contributed by atoms with Gasteiger partial charge in [-0.3, -0.25) is 4.90 Å². The van der Waals surface area contributed by atoms with Crippen molar-refractivity contribution in [2.75, 3.05) is 40.5 Å². The molecule has 1 fully saturated rings. The van der Waals surface area contributed by atoms with Gasteiger partial charge in [0.15, 0.2) is 11.5 Å². The second-order valence-electron chi connectivity index (χ2n) is 6.28. The van der Waals surface area contributed by atoms with Crippen LogP contribution in [0.15, 0.2) is 12.1 Å². The van der Waals surface area contributed by atoms with E-state index in [1.54, 1.807) is 14.2 Å². The summed E-state index contributed by atoms with van der Waals surface area (Å²) in [5, 5.41) is 3.57. The van der Waals surface area contributed by atoms with Crippen molar-refractivity contribution in [2.45, 2.75) is 39.4 Å². The first kappa shape index (κ1) is 18.0. The summed E-state index contributed by atoms with van der Waals surface area (Å²) in [7, 11) is 3.34. The van der Waals surface area contributed by atoms with Crippen molar-refractivity contribution in [3.63, 3.8) is 0 Å². The lowest BCUT2D eigenvalue weighted by atomic mass is 10.1. The number of ether oxygens (including phenoxy) is 3. The lowest BCUT2D eigenvalue weighted by Crippen LogP contribution is -2.51. The van der Waals surface area contributed by atoms with Gasteiger partial charge < -0.3 is 19.5 Å². The van der Waals surface area contributed by atoms with Crippen molar-refractivity contribution in [1.29, 1.82) is 0 Å². The van der Waals surface area contributed by atoms with Crippen LogP contribution in [0.5, 0.6) is 11.5 Å². The van der Waals surface area contributed by atoms with Crippen LogP contribution in [0, 0.1) is 6.92 Å². The van der Waals surface area contributed by atoms with Crippen molar-refractivity contribution < 1.29 is 14.2 Å². The number of nitrogens with zero attached hydrogens (tertiary/aromatic N) is 1. The van der Waals surface area contributed by atoms with Crippen molar-refractivity contribution >= 4 is 0 Å². The number of rotatable bonds is 7. The van der Waals surface area contributed by atoms with Gasteiger partial charge in [0.25, 0.3) is 0 Å². The molecule has 1 aromatic rings. The first-order valence-electron chi connectivity index (χ1n) is 8.32. The van der Waals surface area contributed by atoms with Crippen LogP contribution >= 0.6 is 0 Å². The van der Waals surface area contributed by atoms with Crippen LogP contribution in [0.1, 0.15) is 25.0 Å². The number of benzene rings is 1. The molecule has 0 aliphatic carbocycles. The second-order valence-corrected chi connectivity index (χ2v) is 6.28. The van der Waals surface area contributed by atoms with Crippen LogP contribution in [0.2, 0.25) is 0 Å². The highest BCUT2D eigenvalue weighted by Crippen LogP contribution is 2.30. The van der Waals surface area contributed by atoms with E-state index >= 15 is 0 Å². The Balaban J connectivity index is 1.90. The first-order valence-corrected chi connectivity index (χ1v) is 8.32. The van der Waals surface area contributed by atoms with Gasteiger partial charge in [0.2, 0.25) is 0 Å². The molecule has 130 valence electrons. The molecule has 2 atom stereocenters. The standard InChI is InChI=1S/C18H30N2O3/c1-13-8-17(21-4)18(22-5)9-16(13)11-19-10-14(2)20-6-7-23-12-15(20)3/h8-9,14-15,19H,6-7,10-12H2,1-5H3. The van der Waals surface area contributed by atoms with Crippen LogP contribution in [-0.2, 0) is 11.3 Å². The number of methoxy groups -OCH3 is 2. The van der Waals surface area contributed by atoms with Crippen LogP contribution in [0.3, 0.4) is 0 Å². The van der Waals surface area contributed by atoms with Crippen LogP contribution in [-0.4, -0.2) is 57.5 Å². The topological polar surface area (TPSA) is 43.0 Å². The third-order valence-electron chi connectivity index (χ3n) is 4.58. The van der Waals surface area contributed by atoms with Gasteiger partial charge in [0.1, 0.15) is 0 Å². The van der Waals surface area contributed by atoms with Crippen LogP contribution < -0.4 is 14.8 Å². The molecule has 5 nitrogen and oxygen atoms in total. The normalized spacial score (nSPS) is 20.3. The fraction of sp³-hybridized carbons (Fsp3) is 0.667. The van der Waals surface area contributed by atoms with E-state index in [1.807, 2.05) is 6.07 Å². The molecule has 0 saturated carbocycles. The van der Waals surface area contributed by atoms with Gasteiger partial charge in [0, 0.05) is 31.7 Å². The fourth-order valence-corrected chi connectivity index (χ4v) is 3.14. The molecule has 0 amide bonds. The van der Waals surface area contributed by atoms with Gasteiger partial charge >= 0.3 is 0 Å². The van der Waals surface area contributed by atoms with Crippen molar-refractivity contribution in [3.8, 4) is 11.5 Å². The van der Waals surface area contributed by atoms with Crippen LogP contribution in [0.25, 0.3) is 0 Å². The van der Waals surface area contributed by atoms with E-state index in [9.17, 15) is 0 Å². The summed E-state index contributed by atoms with van der Waals surface area (Å²) < 4.78 is 16.2. The number of hydrogen-bond donors (Lipinski definition) is 1. The summed E-state index contributed by atoms with van der Waals surface area (Å²) in [6.45, 7) is 11.1. The Morgan fingerprint density at radius 1 is 1.30 bits per heavy atom. The van der Waals surface area contributed by atoms with E-state index in [1.165, 1.54) is 11.1 Å². The molecule has 0 aromatic heterocycles. The van der Waals surface area contributed by atoms with Crippen molar-refractivity contribution in [3.05, 3.63) is 23.3 Å². The molecule has 0 bridgehead atoms. The van der Waals surface area contributed by atoms with E-state index in [0.29, 0.717) is 12.1 Å². The van der Waals surface area contributed by atoms with Crippen molar-refractivity contribution in [1.82, 2.24) is 10.2 Å². The largest absolute Gasteiger partial charge is 0.493 e. The van der Waals surface area contributed by atoms with Crippen molar-refractivity contribution in [2.24, 2.45) is 0 Å². The minimum Gasteiger partial charge on any atom is -0.493 e. The van der Waals surface area contributed by atoms with Gasteiger partial charge in [-0.1, -0.05) is 0 Å². The van der Waals surface area contributed by atoms with Gasteiger partial charge in [-0.05, 0) is 44.0 Å². The lowest BCUT2D eigenvalue weighted by Gasteiger charge is -2.38. The van der Waals surface area contributed by atoms with Gasteiger partial charge in [-0.2, -0.15) is 0 Å². The number of aryl methyl sites for hydroxylation is 1. The summed E-state index contributed by atoms with van der Waals surface area (Å²) >= 11 is 0. The van der Waals surface area contributed by atoms with Gasteiger partial charge in [-0.15, -0.1) is 0 Å². The monoisotopic (exact) mass is 322 g/mol. The molecular weight excluding hydrogens is 292 g/mol. The molecule has 1 saturated heterocycles. The number of nitrogens with one attached hydrogen (secondary N) is 1. The zero-order chi connectivity index (χ0) is 16.8. The summed E-state index contributed by atoms with van der Waals surface area (Å²) in [5.41, 5.74) is 2.45. The molecule has 1 aliphatic rings. The summed E-state index contributed by atoms with van der Waals surface area (Å²) in [4.78, 5) is 2.51. The summed E-state index contributed by atoms with van der Waals surface area (Å²) in [5.74, 6) is 1.56. The Bertz CT molecular complexity index is 507. The Morgan fingerprint density at radius 2 is 2.00 bits per heavy atom. The lowest BCUT2D eigenvalue weighted by molar-refractivity contribution is -0.0181. The minimum absolute atomic E-state index is 0.489. The molecule has 1 aliphatic heterocycles. The average molecular weight is 322 g/mol. The van der Waals surface area contributed by atoms with E-state index in [0.717, 1.165) is 44.3 Å². The van der Waals surface area contributed by atoms with E-state index < -0.39 is 0 Å². The predicted molar refractivity (Wildman–Crippen MR) is 92.4 cm³/mol. The molecular formula is C18H30N2O3. The zero-order valence-electron chi connectivity index (χ0n) is 15.0. The van der Waals surface area contributed by atoms with Crippen LogP contribution in [0.4, 0.5) is 0 Å². The maximum absolute atomic E-state index is 5.51. The number of hydrogen-bond acceptors (Lipinski definition) is 5. The molecule has 1 aromatic carbocycles. The van der Waals surface area contributed by atoms with E-state index in [-0.39, 0.29) is 0 Å². The maximum atomic E-state index is 5.51. The molecule has 1 heterocycles. The number of morpholine rings is 1. The Labute approximate surface area is 139 Å². The Kier molecular flexibility index (Phi) is 6.69. The SMILES string of the molecule is COc1cc(C)c(CNCC(C)N2CCOCC2C)cc1OC. The predicted octanol–water partition coefficient (Wildman–Crippen LogP) is 2.21. The third-order valence-corrected chi connectivity index (χ3v) is 4.58. The van der Waals surface area contributed by atoms with E-state index in [2.05, 4.69) is 37.1 Å². The molecule has 23 heavy (non-hydrogen) atoms. The minimum atomic E-state index is 0.489. The molecule has 2 unspecified atom stereocenters. The first-order chi connectivity index (χ1) is 11.1. The second kappa shape index (κ2) is 8.52. The third kappa shape index (κ3) is 4.59. The van der Waals surface area contributed by atoms with E-state index in [4.69, 9.17) is 14.2 Å². The highest BCUT2D eigenvalue weighted by molar-refractivity contribution is 5.46.